The van der Waals surface area contributed by atoms with Gasteiger partial charge >= 0.3 is 5.97 Å². The van der Waals surface area contributed by atoms with Gasteiger partial charge in [0.25, 0.3) is 0 Å². The fourth-order valence-corrected chi connectivity index (χ4v) is 2.64. The summed E-state index contributed by atoms with van der Waals surface area (Å²) in [5.74, 6) is -0.385. The van der Waals surface area contributed by atoms with E-state index in [0.717, 1.165) is 10.0 Å². The molecule has 12 heavy (non-hydrogen) atoms. The highest BCUT2D eigenvalue weighted by Gasteiger charge is 2.18. The van der Waals surface area contributed by atoms with Gasteiger partial charge in [-0.1, -0.05) is 0 Å². The van der Waals surface area contributed by atoms with Crippen molar-refractivity contribution in [3.63, 3.8) is 0 Å². The maximum Gasteiger partial charge on any atom is 0.312 e. The van der Waals surface area contributed by atoms with Gasteiger partial charge in [0.1, 0.15) is 0 Å². The van der Waals surface area contributed by atoms with Crippen LogP contribution in [0.4, 0.5) is 0 Å². The van der Waals surface area contributed by atoms with Gasteiger partial charge in [-0.15, -0.1) is 0 Å². The van der Waals surface area contributed by atoms with Crippen molar-refractivity contribution in [2.24, 2.45) is 0 Å². The lowest BCUT2D eigenvalue weighted by atomic mass is 10.1. The molecule has 4 heteroatoms. The molecule has 0 aliphatic rings. The molecule has 1 aromatic rings. The van der Waals surface area contributed by atoms with Crippen molar-refractivity contribution in [3.8, 4) is 0 Å². The van der Waals surface area contributed by atoms with E-state index >= 15 is 0 Å². The summed E-state index contributed by atoms with van der Waals surface area (Å²) < 4.78 is 5.61. The number of halogens is 1. The van der Waals surface area contributed by atoms with E-state index in [4.69, 9.17) is 0 Å². The van der Waals surface area contributed by atoms with Crippen LogP contribution in [-0.2, 0) is 9.53 Å². The quantitative estimate of drug-likeness (QED) is 0.753. The molecule has 66 valence electrons. The Kier molecular flexibility index (Phi) is 3.29. The van der Waals surface area contributed by atoms with Gasteiger partial charge < -0.3 is 4.74 Å². The lowest BCUT2D eigenvalue weighted by Gasteiger charge is -2.07. The van der Waals surface area contributed by atoms with Crippen LogP contribution in [0.5, 0.6) is 0 Å². The Hall–Kier alpha value is -0.350. The normalized spacial score (nSPS) is 12.6. The van der Waals surface area contributed by atoms with Gasteiger partial charge in [0.15, 0.2) is 0 Å². The maximum absolute atomic E-state index is 11.1. The van der Waals surface area contributed by atoms with Crippen LogP contribution in [0.3, 0.4) is 0 Å². The van der Waals surface area contributed by atoms with Gasteiger partial charge in [-0.2, -0.15) is 11.3 Å². The van der Waals surface area contributed by atoms with E-state index < -0.39 is 0 Å². The summed E-state index contributed by atoms with van der Waals surface area (Å²) in [5.41, 5.74) is 0.992. The minimum Gasteiger partial charge on any atom is -0.469 e. The molecule has 1 rings (SSSR count). The molecular weight excluding hydrogens is 240 g/mol. The average molecular weight is 249 g/mol. The lowest BCUT2D eigenvalue weighted by Crippen LogP contribution is -2.10. The Morgan fingerprint density at radius 1 is 1.67 bits per heavy atom. The van der Waals surface area contributed by atoms with E-state index in [-0.39, 0.29) is 11.9 Å². The van der Waals surface area contributed by atoms with Crippen molar-refractivity contribution in [3.05, 3.63) is 20.8 Å². The van der Waals surface area contributed by atoms with E-state index in [2.05, 4.69) is 20.7 Å². The molecule has 0 saturated heterocycles. The number of methoxy groups -OCH3 is 1. The Balaban J connectivity index is 2.84. The summed E-state index contributed by atoms with van der Waals surface area (Å²) in [7, 11) is 1.40. The predicted octanol–water partition coefficient (Wildman–Crippen LogP) is 2.79. The Bertz CT molecular complexity index is 282. The first-order chi connectivity index (χ1) is 5.66. The molecule has 0 aliphatic heterocycles. The summed E-state index contributed by atoms with van der Waals surface area (Å²) in [6.07, 6.45) is 0. The number of rotatable bonds is 2. The van der Waals surface area contributed by atoms with E-state index in [9.17, 15) is 4.79 Å². The smallest absolute Gasteiger partial charge is 0.312 e. The van der Waals surface area contributed by atoms with E-state index in [1.165, 1.54) is 7.11 Å². The van der Waals surface area contributed by atoms with Gasteiger partial charge in [0, 0.05) is 9.85 Å². The fourth-order valence-electron chi connectivity index (χ4n) is 0.904. The molecule has 0 amide bonds. The SMILES string of the molecule is COC(=O)C(C)c1cscc1Br. The molecule has 0 aliphatic carbocycles. The van der Waals surface area contributed by atoms with Gasteiger partial charge in [-0.3, -0.25) is 4.79 Å². The first-order valence-corrected chi connectivity index (χ1v) is 5.19. The fraction of sp³-hybridized carbons (Fsp3) is 0.375. The summed E-state index contributed by atoms with van der Waals surface area (Å²) in [6.45, 7) is 1.83. The zero-order chi connectivity index (χ0) is 9.14. The first kappa shape index (κ1) is 9.74. The van der Waals surface area contributed by atoms with Crippen LogP contribution in [0.2, 0.25) is 0 Å². The van der Waals surface area contributed by atoms with E-state index in [0.29, 0.717) is 0 Å². The topological polar surface area (TPSA) is 26.3 Å². The molecule has 1 heterocycles. The largest absolute Gasteiger partial charge is 0.469 e. The molecule has 0 bridgehead atoms. The summed E-state index contributed by atoms with van der Waals surface area (Å²) in [4.78, 5) is 11.1. The Morgan fingerprint density at radius 3 is 2.75 bits per heavy atom. The highest BCUT2D eigenvalue weighted by molar-refractivity contribution is 9.10. The minimum atomic E-state index is -0.200. The molecular formula is C8H9BrO2S. The third-order valence-corrected chi connectivity index (χ3v) is 3.42. The number of hydrogen-bond donors (Lipinski definition) is 0. The second-order valence-corrected chi connectivity index (χ2v) is 4.02. The number of thiophene rings is 1. The molecule has 0 saturated carbocycles. The number of carbonyl (C=O) groups excluding carboxylic acids is 1. The van der Waals surface area contributed by atoms with Gasteiger partial charge in [-0.25, -0.2) is 0 Å². The predicted molar refractivity (Wildman–Crippen MR) is 52.5 cm³/mol. The van der Waals surface area contributed by atoms with Gasteiger partial charge in [0.2, 0.25) is 0 Å². The van der Waals surface area contributed by atoms with Crippen molar-refractivity contribution in [2.75, 3.05) is 7.11 Å². The first-order valence-electron chi connectivity index (χ1n) is 3.46. The second-order valence-electron chi connectivity index (χ2n) is 2.42. The third kappa shape index (κ3) is 1.87. The standard InChI is InChI=1S/C8H9BrO2S/c1-5(8(10)11-2)6-3-12-4-7(6)9/h3-5H,1-2H3. The van der Waals surface area contributed by atoms with Gasteiger partial charge in [-0.05, 0) is 33.8 Å². The zero-order valence-corrected chi connectivity index (χ0v) is 9.24. The molecule has 2 nitrogen and oxygen atoms in total. The third-order valence-electron chi connectivity index (χ3n) is 1.66. The number of ether oxygens (including phenoxy) is 1. The second kappa shape index (κ2) is 4.05. The van der Waals surface area contributed by atoms with Crippen molar-refractivity contribution in [1.29, 1.82) is 0 Å². The number of carbonyl (C=O) groups is 1. The molecule has 0 radical (unpaired) electrons. The van der Waals surface area contributed by atoms with Gasteiger partial charge in [0.05, 0.1) is 13.0 Å². The highest BCUT2D eigenvalue weighted by Crippen LogP contribution is 2.28. The summed E-state index contributed by atoms with van der Waals surface area (Å²) in [6, 6.07) is 0. The molecule has 0 fully saturated rings. The lowest BCUT2D eigenvalue weighted by molar-refractivity contribution is -0.141. The maximum atomic E-state index is 11.1. The van der Waals surface area contributed by atoms with E-state index in [1.807, 2.05) is 17.7 Å². The Morgan fingerprint density at radius 2 is 2.33 bits per heavy atom. The zero-order valence-electron chi connectivity index (χ0n) is 6.83. The number of esters is 1. The number of hydrogen-bond acceptors (Lipinski definition) is 3. The molecule has 1 atom stereocenters. The molecule has 0 aromatic carbocycles. The van der Waals surface area contributed by atoms with Crippen LogP contribution in [-0.4, -0.2) is 13.1 Å². The Labute approximate surface area is 83.7 Å². The molecule has 0 spiro atoms. The summed E-state index contributed by atoms with van der Waals surface area (Å²) >= 11 is 4.93. The highest BCUT2D eigenvalue weighted by atomic mass is 79.9. The van der Waals surface area contributed by atoms with Crippen LogP contribution in [0.15, 0.2) is 15.2 Å². The summed E-state index contributed by atoms with van der Waals surface area (Å²) in [5, 5.41) is 3.90. The van der Waals surface area contributed by atoms with Crippen LogP contribution in [0, 0.1) is 0 Å². The van der Waals surface area contributed by atoms with Crippen LogP contribution in [0.25, 0.3) is 0 Å². The average Bonchev–Trinajstić information content (AvgIpc) is 2.48. The van der Waals surface area contributed by atoms with Crippen LogP contribution >= 0.6 is 27.3 Å². The minimum absolute atomic E-state index is 0.185. The molecule has 1 aromatic heterocycles. The molecule has 1 unspecified atom stereocenters. The van der Waals surface area contributed by atoms with Crippen molar-refractivity contribution in [1.82, 2.24) is 0 Å². The van der Waals surface area contributed by atoms with Crippen LogP contribution in [0.1, 0.15) is 18.4 Å². The van der Waals surface area contributed by atoms with Crippen molar-refractivity contribution in [2.45, 2.75) is 12.8 Å². The molecule has 0 N–H and O–H groups in total. The van der Waals surface area contributed by atoms with E-state index in [1.54, 1.807) is 11.3 Å². The van der Waals surface area contributed by atoms with Crippen LogP contribution < -0.4 is 0 Å². The van der Waals surface area contributed by atoms with Crippen molar-refractivity contribution >= 4 is 33.2 Å². The van der Waals surface area contributed by atoms with Crippen molar-refractivity contribution < 1.29 is 9.53 Å². The monoisotopic (exact) mass is 248 g/mol.